The van der Waals surface area contributed by atoms with Gasteiger partial charge in [-0.15, -0.1) is 0 Å². The number of halogens is 3. The molecule has 1 aliphatic carbocycles. The van der Waals surface area contributed by atoms with Crippen LogP contribution in [0.4, 0.5) is 13.2 Å². The number of fused-ring (bicyclic) bond motifs is 1. The maximum absolute atomic E-state index is 13.0. The van der Waals surface area contributed by atoms with Crippen molar-refractivity contribution >= 4 is 5.91 Å². The molecule has 0 radical (unpaired) electrons. The smallest absolute Gasteiger partial charge is 0.349 e. The van der Waals surface area contributed by atoms with Gasteiger partial charge in [0.2, 0.25) is 5.91 Å². The van der Waals surface area contributed by atoms with Crippen LogP contribution in [0.5, 0.6) is 0 Å². The first kappa shape index (κ1) is 18.4. The Morgan fingerprint density at radius 2 is 2.12 bits per heavy atom. The minimum Gasteiger partial charge on any atom is -0.349 e. The number of amides is 1. The molecule has 0 spiro atoms. The zero-order valence-corrected chi connectivity index (χ0v) is 14.4. The standard InChI is InChI=1S/C18H21F3N4O/c1-2-4-14(11-5-3-6-13(9-11)18(19,20)21)22-17(26)12-7-8-15-16(10-12)24-25-23-15/h3,5-6,9,12,14H,2,4,7-8,10H2,1H3,(H,22,26)(H,23,24,25)/t12-,14-/m0/s1. The summed E-state index contributed by atoms with van der Waals surface area (Å²) in [5.74, 6) is -0.382. The monoisotopic (exact) mass is 366 g/mol. The summed E-state index contributed by atoms with van der Waals surface area (Å²) in [7, 11) is 0. The van der Waals surface area contributed by atoms with Crippen LogP contribution in [0.15, 0.2) is 24.3 Å². The van der Waals surface area contributed by atoms with Crippen molar-refractivity contribution in [3.63, 3.8) is 0 Å². The Kier molecular flexibility index (Phi) is 5.29. The van der Waals surface area contributed by atoms with E-state index in [1.54, 1.807) is 6.07 Å². The molecule has 2 N–H and O–H groups in total. The van der Waals surface area contributed by atoms with E-state index in [1.807, 2.05) is 6.92 Å². The molecule has 0 aliphatic heterocycles. The van der Waals surface area contributed by atoms with Crippen molar-refractivity contribution in [3.8, 4) is 0 Å². The summed E-state index contributed by atoms with van der Waals surface area (Å²) in [4.78, 5) is 12.7. The molecule has 26 heavy (non-hydrogen) atoms. The Bertz CT molecular complexity index is 772. The zero-order chi connectivity index (χ0) is 18.7. The molecule has 5 nitrogen and oxygen atoms in total. The first-order valence-corrected chi connectivity index (χ1v) is 8.74. The number of hydrogen-bond acceptors (Lipinski definition) is 3. The Labute approximate surface area is 149 Å². The van der Waals surface area contributed by atoms with Crippen molar-refractivity contribution in [2.75, 3.05) is 0 Å². The van der Waals surface area contributed by atoms with Crippen molar-refractivity contribution in [1.82, 2.24) is 20.7 Å². The van der Waals surface area contributed by atoms with E-state index in [2.05, 4.69) is 20.7 Å². The van der Waals surface area contributed by atoms with Gasteiger partial charge in [0.05, 0.1) is 23.0 Å². The number of carbonyl (C=O) groups is 1. The second-order valence-electron chi connectivity index (χ2n) is 6.63. The number of aromatic amines is 1. The second-order valence-corrected chi connectivity index (χ2v) is 6.63. The highest BCUT2D eigenvalue weighted by molar-refractivity contribution is 5.79. The SMILES string of the molecule is CCC[C@H](NC(=O)[C@H]1CCc2n[nH]nc2C1)c1cccc(C(F)(F)F)c1. The summed E-state index contributed by atoms with van der Waals surface area (Å²) in [6, 6.07) is 4.74. The lowest BCUT2D eigenvalue weighted by molar-refractivity contribution is -0.137. The average Bonchev–Trinajstić information content (AvgIpc) is 3.08. The number of aryl methyl sites for hydroxylation is 1. The van der Waals surface area contributed by atoms with E-state index >= 15 is 0 Å². The molecule has 2 atom stereocenters. The maximum Gasteiger partial charge on any atom is 0.416 e. The topological polar surface area (TPSA) is 70.7 Å². The molecule has 0 bridgehead atoms. The summed E-state index contributed by atoms with van der Waals surface area (Å²) >= 11 is 0. The summed E-state index contributed by atoms with van der Waals surface area (Å²) in [5, 5.41) is 13.6. The molecule has 0 saturated heterocycles. The fourth-order valence-electron chi connectivity index (χ4n) is 3.34. The van der Waals surface area contributed by atoms with Gasteiger partial charge in [-0.2, -0.15) is 28.6 Å². The molecule has 0 unspecified atom stereocenters. The van der Waals surface area contributed by atoms with Gasteiger partial charge in [0.1, 0.15) is 0 Å². The number of rotatable bonds is 5. The van der Waals surface area contributed by atoms with Crippen LogP contribution in [0.25, 0.3) is 0 Å². The molecule has 0 saturated carbocycles. The number of carbonyl (C=O) groups excluding carboxylic acids is 1. The lowest BCUT2D eigenvalue weighted by atomic mass is 9.88. The van der Waals surface area contributed by atoms with E-state index in [9.17, 15) is 18.0 Å². The van der Waals surface area contributed by atoms with Crippen molar-refractivity contribution in [3.05, 3.63) is 46.8 Å². The molecule has 1 aromatic heterocycles. The van der Waals surface area contributed by atoms with E-state index in [0.717, 1.165) is 29.9 Å². The zero-order valence-electron chi connectivity index (χ0n) is 14.4. The van der Waals surface area contributed by atoms with E-state index in [1.165, 1.54) is 6.07 Å². The van der Waals surface area contributed by atoms with E-state index in [4.69, 9.17) is 0 Å². The van der Waals surface area contributed by atoms with Gasteiger partial charge in [0.25, 0.3) is 0 Å². The summed E-state index contributed by atoms with van der Waals surface area (Å²) in [5.41, 5.74) is 1.46. The molecule has 140 valence electrons. The Balaban J connectivity index is 1.74. The summed E-state index contributed by atoms with van der Waals surface area (Å²) < 4.78 is 38.9. The molecule has 2 aromatic rings. The molecule has 1 heterocycles. The van der Waals surface area contributed by atoms with Crippen LogP contribution < -0.4 is 5.32 Å². The van der Waals surface area contributed by atoms with Crippen LogP contribution in [-0.2, 0) is 23.8 Å². The van der Waals surface area contributed by atoms with Gasteiger partial charge >= 0.3 is 6.18 Å². The third-order valence-electron chi connectivity index (χ3n) is 4.75. The van der Waals surface area contributed by atoms with Crippen molar-refractivity contribution in [2.45, 2.75) is 51.2 Å². The van der Waals surface area contributed by atoms with Gasteiger partial charge in [0, 0.05) is 12.3 Å². The van der Waals surface area contributed by atoms with Crippen molar-refractivity contribution in [1.29, 1.82) is 0 Å². The number of nitrogens with one attached hydrogen (secondary N) is 2. The van der Waals surface area contributed by atoms with Crippen LogP contribution in [0.3, 0.4) is 0 Å². The average molecular weight is 366 g/mol. The van der Waals surface area contributed by atoms with Crippen molar-refractivity contribution in [2.24, 2.45) is 5.92 Å². The van der Waals surface area contributed by atoms with Crippen LogP contribution in [-0.4, -0.2) is 21.3 Å². The Morgan fingerprint density at radius 1 is 1.35 bits per heavy atom. The molecule has 3 rings (SSSR count). The first-order chi connectivity index (χ1) is 12.4. The normalized spacial score (nSPS) is 18.2. The lowest BCUT2D eigenvalue weighted by Gasteiger charge is -2.25. The Hall–Kier alpha value is -2.38. The molecule has 0 fully saturated rings. The molecule has 8 heteroatoms. The number of H-pyrrole nitrogens is 1. The highest BCUT2D eigenvalue weighted by atomic mass is 19.4. The van der Waals surface area contributed by atoms with Gasteiger partial charge in [0.15, 0.2) is 0 Å². The van der Waals surface area contributed by atoms with Crippen LogP contribution in [0.2, 0.25) is 0 Å². The number of alkyl halides is 3. The summed E-state index contributed by atoms with van der Waals surface area (Å²) in [6.07, 6.45) is -1.24. The second kappa shape index (κ2) is 7.47. The van der Waals surface area contributed by atoms with Gasteiger partial charge in [-0.3, -0.25) is 4.79 Å². The number of nitrogens with zero attached hydrogens (tertiary/aromatic N) is 2. The largest absolute Gasteiger partial charge is 0.416 e. The van der Waals surface area contributed by atoms with Crippen LogP contribution in [0.1, 0.15) is 54.7 Å². The number of aromatic nitrogens is 3. The lowest BCUT2D eigenvalue weighted by Crippen LogP contribution is -2.36. The third kappa shape index (κ3) is 4.05. The molecular weight excluding hydrogens is 345 g/mol. The maximum atomic E-state index is 13.0. The summed E-state index contributed by atoms with van der Waals surface area (Å²) in [6.45, 7) is 1.94. The fourth-order valence-corrected chi connectivity index (χ4v) is 3.34. The van der Waals surface area contributed by atoms with Gasteiger partial charge in [-0.25, -0.2) is 0 Å². The van der Waals surface area contributed by atoms with E-state index < -0.39 is 17.8 Å². The predicted molar refractivity (Wildman–Crippen MR) is 89.1 cm³/mol. The minimum atomic E-state index is -4.40. The Morgan fingerprint density at radius 3 is 2.85 bits per heavy atom. The van der Waals surface area contributed by atoms with Gasteiger partial charge in [-0.05, 0) is 37.0 Å². The number of hydrogen-bond donors (Lipinski definition) is 2. The fraction of sp³-hybridized carbons (Fsp3) is 0.500. The van der Waals surface area contributed by atoms with Crippen LogP contribution >= 0.6 is 0 Å². The first-order valence-electron chi connectivity index (χ1n) is 8.74. The van der Waals surface area contributed by atoms with Crippen LogP contribution in [0, 0.1) is 5.92 Å². The minimum absolute atomic E-state index is 0.144. The van der Waals surface area contributed by atoms with Crippen molar-refractivity contribution < 1.29 is 18.0 Å². The van der Waals surface area contributed by atoms with E-state index in [-0.39, 0.29) is 11.8 Å². The third-order valence-corrected chi connectivity index (χ3v) is 4.75. The molecular formula is C18H21F3N4O. The predicted octanol–water partition coefficient (Wildman–Crippen LogP) is 3.59. The molecule has 1 amide bonds. The van der Waals surface area contributed by atoms with Gasteiger partial charge in [-0.1, -0.05) is 25.5 Å². The number of benzene rings is 1. The highest BCUT2D eigenvalue weighted by Crippen LogP contribution is 2.32. The van der Waals surface area contributed by atoms with Gasteiger partial charge < -0.3 is 5.32 Å². The molecule has 1 aromatic carbocycles. The highest BCUT2D eigenvalue weighted by Gasteiger charge is 2.32. The quantitative estimate of drug-likeness (QED) is 0.850. The molecule has 1 aliphatic rings. The van der Waals surface area contributed by atoms with E-state index in [0.29, 0.717) is 31.2 Å².